The number of benzene rings is 2. The number of halogens is 1. The van der Waals surface area contributed by atoms with E-state index in [0.29, 0.717) is 6.54 Å². The quantitative estimate of drug-likeness (QED) is 0.323. The van der Waals surface area contributed by atoms with Crippen LogP contribution in [-0.2, 0) is 11.0 Å². The van der Waals surface area contributed by atoms with Gasteiger partial charge in [-0.1, -0.05) is 30.3 Å². The summed E-state index contributed by atoms with van der Waals surface area (Å²) in [5, 5.41) is 7.85. The van der Waals surface area contributed by atoms with E-state index in [1.807, 2.05) is 74.8 Å². The molecule has 0 aliphatic carbocycles. The van der Waals surface area contributed by atoms with Crippen LogP contribution >= 0.6 is 15.9 Å². The fourth-order valence-electron chi connectivity index (χ4n) is 3.24. The molecule has 166 valence electrons. The summed E-state index contributed by atoms with van der Waals surface area (Å²) in [5.41, 5.74) is 3.48. The first-order chi connectivity index (χ1) is 15.5. The molecular weight excluding hydrogens is 488 g/mol. The van der Waals surface area contributed by atoms with Gasteiger partial charge in [-0.25, -0.2) is 13.9 Å². The first kappa shape index (κ1) is 22.6. The van der Waals surface area contributed by atoms with Gasteiger partial charge < -0.3 is 10.2 Å². The zero-order valence-corrected chi connectivity index (χ0v) is 20.4. The van der Waals surface area contributed by atoms with Crippen LogP contribution in [-0.4, -0.2) is 50.9 Å². The van der Waals surface area contributed by atoms with Gasteiger partial charge in [0.2, 0.25) is 0 Å². The second kappa shape index (κ2) is 10.4. The number of nitrogens with zero attached hydrogens (tertiary/aromatic N) is 4. The van der Waals surface area contributed by atoms with Crippen LogP contribution in [0.3, 0.4) is 0 Å². The van der Waals surface area contributed by atoms with Gasteiger partial charge in [-0.05, 0) is 67.3 Å². The van der Waals surface area contributed by atoms with Crippen molar-refractivity contribution < 1.29 is 4.21 Å². The van der Waals surface area contributed by atoms with E-state index in [9.17, 15) is 4.21 Å². The van der Waals surface area contributed by atoms with Crippen LogP contribution in [0, 0.1) is 0 Å². The Morgan fingerprint density at radius 2 is 1.84 bits per heavy atom. The first-order valence-corrected chi connectivity index (χ1v) is 12.2. The molecule has 0 radical (unpaired) electrons. The molecule has 0 aliphatic heterocycles. The molecule has 0 saturated carbocycles. The number of hydrogen-bond acceptors (Lipinski definition) is 5. The molecule has 1 atom stereocenters. The average Bonchev–Trinajstić information content (AvgIpc) is 3.18. The Balaban J connectivity index is 1.53. The summed E-state index contributed by atoms with van der Waals surface area (Å²) in [7, 11) is 2.83. The van der Waals surface area contributed by atoms with Crippen LogP contribution in [0.1, 0.15) is 6.42 Å². The Kier molecular flexibility index (Phi) is 7.31. The number of hydrogen-bond donors (Lipinski definition) is 2. The van der Waals surface area contributed by atoms with Gasteiger partial charge in [0, 0.05) is 23.9 Å². The van der Waals surface area contributed by atoms with Gasteiger partial charge in [-0.2, -0.15) is 9.61 Å². The molecule has 0 saturated heterocycles. The van der Waals surface area contributed by atoms with Gasteiger partial charge in [0.15, 0.2) is 5.65 Å². The predicted molar refractivity (Wildman–Crippen MR) is 133 cm³/mol. The highest BCUT2D eigenvalue weighted by atomic mass is 79.9. The predicted octanol–water partition coefficient (Wildman–Crippen LogP) is 4.47. The van der Waals surface area contributed by atoms with Crippen molar-refractivity contribution in [3.8, 4) is 11.3 Å². The second-order valence-electron chi connectivity index (χ2n) is 7.59. The molecule has 2 heterocycles. The third kappa shape index (κ3) is 5.42. The Morgan fingerprint density at radius 3 is 2.56 bits per heavy atom. The van der Waals surface area contributed by atoms with Crippen molar-refractivity contribution in [3.05, 3.63) is 71.3 Å². The van der Waals surface area contributed by atoms with Gasteiger partial charge in [0.05, 0.1) is 21.3 Å². The molecule has 4 aromatic rings. The van der Waals surface area contributed by atoms with E-state index in [1.165, 1.54) is 0 Å². The largest absolute Gasteiger partial charge is 0.340 e. The maximum Gasteiger partial charge on any atom is 0.172 e. The zero-order chi connectivity index (χ0) is 22.5. The van der Waals surface area contributed by atoms with Crippen molar-refractivity contribution in [1.82, 2.24) is 24.2 Å². The van der Waals surface area contributed by atoms with Gasteiger partial charge >= 0.3 is 0 Å². The molecule has 0 fully saturated rings. The van der Waals surface area contributed by atoms with Crippen molar-refractivity contribution in [2.45, 2.75) is 11.3 Å². The highest BCUT2D eigenvalue weighted by Gasteiger charge is 2.12. The Morgan fingerprint density at radius 1 is 1.09 bits per heavy atom. The van der Waals surface area contributed by atoms with E-state index in [4.69, 9.17) is 4.98 Å². The molecule has 4 rings (SSSR count). The van der Waals surface area contributed by atoms with Crippen LogP contribution in [0.2, 0.25) is 0 Å². The van der Waals surface area contributed by atoms with Crippen molar-refractivity contribution in [2.24, 2.45) is 0 Å². The summed E-state index contributed by atoms with van der Waals surface area (Å²) in [6.07, 6.45) is 2.68. The van der Waals surface area contributed by atoms with Gasteiger partial charge in [0.25, 0.3) is 0 Å². The van der Waals surface area contributed by atoms with E-state index in [-0.39, 0.29) is 0 Å². The number of fused-ring (bicyclic) bond motifs is 1. The summed E-state index contributed by atoms with van der Waals surface area (Å²) >= 11 is 3.54. The van der Waals surface area contributed by atoms with Gasteiger partial charge in [-0.15, -0.1) is 0 Å². The molecule has 2 aromatic carbocycles. The van der Waals surface area contributed by atoms with Crippen LogP contribution in [0.15, 0.2) is 76.2 Å². The first-order valence-electron chi connectivity index (χ1n) is 10.3. The fraction of sp³-hybridized carbons (Fsp3) is 0.217. The molecule has 0 bridgehead atoms. The third-order valence-corrected chi connectivity index (χ3v) is 6.58. The maximum atomic E-state index is 12.5. The van der Waals surface area contributed by atoms with Crippen molar-refractivity contribution in [1.29, 1.82) is 0 Å². The monoisotopic (exact) mass is 512 g/mol. The number of rotatable bonds is 9. The van der Waals surface area contributed by atoms with Crippen LogP contribution in [0.4, 0.5) is 11.5 Å². The lowest BCUT2D eigenvalue weighted by molar-refractivity contribution is 0.400. The van der Waals surface area contributed by atoms with Crippen LogP contribution < -0.4 is 10.0 Å². The summed E-state index contributed by atoms with van der Waals surface area (Å²) in [4.78, 5) is 7.61. The molecule has 0 amide bonds. The molecule has 9 heteroatoms. The Bertz CT molecular complexity index is 1210. The minimum Gasteiger partial charge on any atom is -0.340 e. The highest BCUT2D eigenvalue weighted by Crippen LogP contribution is 2.27. The molecule has 32 heavy (non-hydrogen) atoms. The number of nitrogens with one attached hydrogen (secondary N) is 2. The fourth-order valence-corrected chi connectivity index (χ4v) is 4.46. The molecule has 0 aliphatic rings. The van der Waals surface area contributed by atoms with E-state index < -0.39 is 11.0 Å². The zero-order valence-electron chi connectivity index (χ0n) is 18.0. The summed E-state index contributed by atoms with van der Waals surface area (Å²) in [5.74, 6) is 0.787. The normalized spacial score (nSPS) is 12.4. The molecule has 2 N–H and O–H groups in total. The van der Waals surface area contributed by atoms with Gasteiger partial charge in [-0.3, -0.25) is 0 Å². The number of anilines is 2. The summed E-state index contributed by atoms with van der Waals surface area (Å²) < 4.78 is 18.1. The molecule has 7 nitrogen and oxygen atoms in total. The standard InChI is InChI=1S/C23H25BrN6OS/c1-29(2)14-6-13-26-32(31)19-11-9-18(10-12-19)27-22-15-21(17-7-4-3-5-8-17)28-23-20(24)16-25-30(22)23/h3-5,7-12,15-16,26-27H,6,13-14H2,1-2H3. The van der Waals surface area contributed by atoms with Crippen molar-refractivity contribution in [3.63, 3.8) is 0 Å². The second-order valence-corrected chi connectivity index (χ2v) is 9.74. The Labute approximate surface area is 198 Å². The molecule has 2 aromatic heterocycles. The van der Waals surface area contributed by atoms with E-state index in [1.54, 1.807) is 10.7 Å². The lowest BCUT2D eigenvalue weighted by atomic mass is 10.1. The van der Waals surface area contributed by atoms with E-state index >= 15 is 0 Å². The average molecular weight is 513 g/mol. The lowest BCUT2D eigenvalue weighted by Gasteiger charge is -2.12. The van der Waals surface area contributed by atoms with Crippen LogP contribution in [0.5, 0.6) is 0 Å². The molecule has 0 spiro atoms. The smallest absolute Gasteiger partial charge is 0.172 e. The summed E-state index contributed by atoms with van der Waals surface area (Å²) in [6.45, 7) is 1.66. The minimum absolute atomic E-state index is 0.705. The minimum atomic E-state index is -1.23. The highest BCUT2D eigenvalue weighted by molar-refractivity contribution is 9.10. The van der Waals surface area contributed by atoms with Crippen LogP contribution in [0.25, 0.3) is 16.9 Å². The Hall–Kier alpha value is -2.59. The maximum absolute atomic E-state index is 12.5. The SMILES string of the molecule is CN(C)CCCNS(=O)c1ccc(Nc2cc(-c3ccccc3)nc3c(Br)cnn23)cc1. The number of aromatic nitrogens is 3. The van der Waals surface area contributed by atoms with E-state index in [2.05, 4.69) is 36.0 Å². The van der Waals surface area contributed by atoms with Crippen molar-refractivity contribution in [2.75, 3.05) is 32.5 Å². The van der Waals surface area contributed by atoms with Gasteiger partial charge in [0.1, 0.15) is 16.8 Å². The van der Waals surface area contributed by atoms with Crippen molar-refractivity contribution >= 4 is 44.1 Å². The van der Waals surface area contributed by atoms with E-state index in [0.717, 1.165) is 50.7 Å². The third-order valence-electron chi connectivity index (χ3n) is 4.85. The topological polar surface area (TPSA) is 74.6 Å². The lowest BCUT2D eigenvalue weighted by Crippen LogP contribution is -2.23. The molecule has 1 unspecified atom stereocenters. The summed E-state index contributed by atoms with van der Waals surface area (Å²) in [6, 6.07) is 19.6. The molecular formula is C23H25BrN6OS.